The summed E-state index contributed by atoms with van der Waals surface area (Å²) in [6.45, 7) is 1.94. The van der Waals surface area contributed by atoms with Gasteiger partial charge in [-0.15, -0.1) is 0 Å². The number of sulfonamides is 1. The molecule has 0 radical (unpaired) electrons. The summed E-state index contributed by atoms with van der Waals surface area (Å²) >= 11 is 0. The van der Waals surface area contributed by atoms with Crippen molar-refractivity contribution < 1.29 is 23.1 Å². The molecule has 1 saturated carbocycles. The van der Waals surface area contributed by atoms with E-state index >= 15 is 0 Å². The highest BCUT2D eigenvalue weighted by Gasteiger charge is 2.38. The lowest BCUT2D eigenvalue weighted by Gasteiger charge is -2.36. The van der Waals surface area contributed by atoms with Crippen LogP contribution in [0.4, 0.5) is 0 Å². The second-order valence-corrected chi connectivity index (χ2v) is 11.0. The number of aliphatic hydroxyl groups is 1. The Morgan fingerprint density at radius 1 is 1.21 bits per heavy atom. The first-order valence-corrected chi connectivity index (χ1v) is 13.4. The van der Waals surface area contributed by atoms with Crippen LogP contribution in [0.5, 0.6) is 0 Å². The highest BCUT2D eigenvalue weighted by molar-refractivity contribution is 7.88. The molecular weight excluding hydrogens is 458 g/mol. The first-order valence-electron chi connectivity index (χ1n) is 11.8. The van der Waals surface area contributed by atoms with E-state index in [9.17, 15) is 23.1 Å². The number of amides is 2. The Balaban J connectivity index is 1.65. The van der Waals surface area contributed by atoms with Crippen LogP contribution in [0.1, 0.15) is 51.0 Å². The van der Waals surface area contributed by atoms with E-state index < -0.39 is 52.0 Å². The Morgan fingerprint density at radius 3 is 2.59 bits per heavy atom. The zero-order chi connectivity index (χ0) is 24.9. The molecule has 188 valence electrons. The van der Waals surface area contributed by atoms with E-state index in [0.29, 0.717) is 50.6 Å². The third-order valence-corrected chi connectivity index (χ3v) is 8.03. The van der Waals surface area contributed by atoms with Crippen LogP contribution in [0, 0.1) is 11.3 Å². The van der Waals surface area contributed by atoms with Crippen LogP contribution in [-0.2, 0) is 25.4 Å². The molecular formula is C23H35N5O5S. The lowest BCUT2D eigenvalue weighted by Crippen LogP contribution is -2.58. The van der Waals surface area contributed by atoms with Crippen LogP contribution in [0.2, 0.25) is 0 Å². The molecule has 1 aliphatic carbocycles. The molecule has 0 spiro atoms. The molecule has 2 fully saturated rings. The van der Waals surface area contributed by atoms with Crippen LogP contribution in [0.25, 0.3) is 0 Å². The predicted octanol–water partition coefficient (Wildman–Crippen LogP) is 0.457. The summed E-state index contributed by atoms with van der Waals surface area (Å²) in [6.07, 6.45) is 2.57. The van der Waals surface area contributed by atoms with Gasteiger partial charge in [0.1, 0.15) is 12.1 Å². The van der Waals surface area contributed by atoms with E-state index in [-0.39, 0.29) is 11.6 Å². The Bertz CT molecular complexity index is 987. The minimum absolute atomic E-state index is 0.104. The van der Waals surface area contributed by atoms with E-state index in [0.717, 1.165) is 0 Å². The molecule has 0 aromatic heterocycles. The molecule has 10 nitrogen and oxygen atoms in total. The first kappa shape index (κ1) is 26.1. The summed E-state index contributed by atoms with van der Waals surface area (Å²) in [6, 6.07) is 6.41. The van der Waals surface area contributed by atoms with Crippen molar-refractivity contribution in [3.63, 3.8) is 0 Å². The van der Waals surface area contributed by atoms with Gasteiger partial charge in [0.2, 0.25) is 21.8 Å². The number of nitrogens with two attached hydrogens (primary N) is 1. The molecule has 2 unspecified atom stereocenters. The van der Waals surface area contributed by atoms with Crippen molar-refractivity contribution in [2.24, 2.45) is 11.7 Å². The van der Waals surface area contributed by atoms with Crippen molar-refractivity contribution in [2.45, 2.75) is 75.4 Å². The van der Waals surface area contributed by atoms with Gasteiger partial charge in [-0.25, -0.2) is 13.1 Å². The number of nitrogens with one attached hydrogen (secondary N) is 3. The van der Waals surface area contributed by atoms with E-state index in [1.54, 1.807) is 37.3 Å². The van der Waals surface area contributed by atoms with Crippen molar-refractivity contribution in [1.82, 2.24) is 14.9 Å². The molecule has 2 aliphatic rings. The van der Waals surface area contributed by atoms with Crippen LogP contribution in [0.15, 0.2) is 30.3 Å². The fraction of sp³-hybridized carbons (Fsp3) is 0.609. The van der Waals surface area contributed by atoms with Crippen LogP contribution < -0.4 is 15.8 Å². The highest BCUT2D eigenvalue weighted by Crippen LogP contribution is 2.25. The van der Waals surface area contributed by atoms with Gasteiger partial charge in [0.05, 0.1) is 23.7 Å². The van der Waals surface area contributed by atoms with Gasteiger partial charge >= 0.3 is 0 Å². The number of carbonyl (C=O) groups is 2. The van der Waals surface area contributed by atoms with Crippen LogP contribution in [0.3, 0.4) is 0 Å². The molecule has 1 aliphatic heterocycles. The number of likely N-dealkylation sites (tertiary alicyclic amines) is 1. The second-order valence-electron chi connectivity index (χ2n) is 9.22. The van der Waals surface area contributed by atoms with Crippen LogP contribution >= 0.6 is 0 Å². The van der Waals surface area contributed by atoms with E-state index in [1.807, 2.05) is 0 Å². The average Bonchev–Trinajstić information content (AvgIpc) is 2.96. The normalized spacial score (nSPS) is 27.0. The number of rotatable bonds is 8. The van der Waals surface area contributed by atoms with Gasteiger partial charge in [-0.3, -0.25) is 15.0 Å². The number of nitrogens with zero attached hydrogens (tertiary/aromatic N) is 1. The van der Waals surface area contributed by atoms with Gasteiger partial charge < -0.3 is 21.1 Å². The Hall–Kier alpha value is -2.50. The van der Waals surface area contributed by atoms with Gasteiger partial charge in [0.25, 0.3) is 0 Å². The summed E-state index contributed by atoms with van der Waals surface area (Å²) in [7, 11) is -3.76. The molecule has 1 saturated heterocycles. The van der Waals surface area contributed by atoms with Gasteiger partial charge in [-0.1, -0.05) is 36.8 Å². The average molecular weight is 494 g/mol. The summed E-state index contributed by atoms with van der Waals surface area (Å²) in [5.41, 5.74) is 6.20. The number of aliphatic hydroxyl groups excluding tert-OH is 1. The maximum Gasteiger partial charge on any atom is 0.242 e. The Kier molecular flexibility index (Phi) is 8.67. The van der Waals surface area contributed by atoms with Crippen molar-refractivity contribution in [3.05, 3.63) is 35.9 Å². The lowest BCUT2D eigenvalue weighted by molar-refractivity contribution is -0.141. The van der Waals surface area contributed by atoms with Crippen molar-refractivity contribution in [2.75, 3.05) is 6.54 Å². The molecule has 6 N–H and O–H groups in total. The van der Waals surface area contributed by atoms with Gasteiger partial charge in [-0.05, 0) is 44.6 Å². The highest BCUT2D eigenvalue weighted by atomic mass is 32.2. The number of hydrogen-bond donors (Lipinski definition) is 5. The number of carbonyl (C=O) groups excluding carboxylic acids is 2. The maximum atomic E-state index is 13.2. The maximum absolute atomic E-state index is 13.2. The lowest BCUT2D eigenvalue weighted by atomic mass is 9.82. The molecule has 0 bridgehead atoms. The van der Waals surface area contributed by atoms with Crippen molar-refractivity contribution >= 4 is 27.7 Å². The molecule has 5 atom stereocenters. The van der Waals surface area contributed by atoms with Gasteiger partial charge in [0, 0.05) is 12.5 Å². The summed E-state index contributed by atoms with van der Waals surface area (Å²) in [5, 5.41) is 21.0. The summed E-state index contributed by atoms with van der Waals surface area (Å²) in [4.78, 5) is 27.6. The molecule has 1 aromatic rings. The molecule has 1 heterocycles. The SMILES string of the molecule is C[C@H](C(=O)N[C@H]1CCCC(C(=N)N)C1O)N1CCCC[C@H](NS(=O)(=O)Cc2ccccc2)C1=O. The largest absolute Gasteiger partial charge is 0.390 e. The fourth-order valence-corrected chi connectivity index (χ4v) is 6.10. The smallest absolute Gasteiger partial charge is 0.242 e. The third kappa shape index (κ3) is 6.55. The Morgan fingerprint density at radius 2 is 1.91 bits per heavy atom. The van der Waals surface area contributed by atoms with Gasteiger partial charge in [-0.2, -0.15) is 0 Å². The van der Waals surface area contributed by atoms with Crippen LogP contribution in [-0.4, -0.2) is 66.8 Å². The quantitative estimate of drug-likeness (QED) is 0.261. The van der Waals surface area contributed by atoms with Gasteiger partial charge in [0.15, 0.2) is 0 Å². The minimum atomic E-state index is -3.76. The predicted molar refractivity (Wildman–Crippen MR) is 128 cm³/mol. The molecule has 1 aromatic carbocycles. The summed E-state index contributed by atoms with van der Waals surface area (Å²) < 4.78 is 27.9. The first-order chi connectivity index (χ1) is 16.1. The molecule has 3 rings (SSSR count). The minimum Gasteiger partial charge on any atom is -0.390 e. The second kappa shape index (κ2) is 11.3. The topological polar surface area (TPSA) is 166 Å². The fourth-order valence-electron chi connectivity index (χ4n) is 4.73. The number of hydrogen-bond acceptors (Lipinski definition) is 6. The monoisotopic (exact) mass is 493 g/mol. The number of benzene rings is 1. The van der Waals surface area contributed by atoms with E-state index in [4.69, 9.17) is 11.1 Å². The zero-order valence-corrected chi connectivity index (χ0v) is 20.3. The third-order valence-electron chi connectivity index (χ3n) is 6.67. The van der Waals surface area contributed by atoms with E-state index in [1.165, 1.54) is 4.90 Å². The molecule has 34 heavy (non-hydrogen) atoms. The summed E-state index contributed by atoms with van der Waals surface area (Å²) in [5.74, 6) is -1.69. The standard InChI is InChI=1S/C23H35N5O5S/c1-15(22(30)26-18-12-7-10-17(20(18)29)21(24)25)28-13-6-5-11-19(23(28)31)27-34(32,33)14-16-8-3-2-4-9-16/h2-4,8-9,15,17-20,27,29H,5-7,10-14H2,1H3,(H3,24,25)(H,26,30)/t15-,17?,18+,19+,20?/m1/s1. The van der Waals surface area contributed by atoms with E-state index in [2.05, 4.69) is 10.0 Å². The number of amidine groups is 1. The van der Waals surface area contributed by atoms with Crippen molar-refractivity contribution in [1.29, 1.82) is 5.41 Å². The molecule has 2 amide bonds. The zero-order valence-electron chi connectivity index (χ0n) is 19.4. The molecule has 11 heteroatoms. The van der Waals surface area contributed by atoms with Crippen molar-refractivity contribution in [3.8, 4) is 0 Å². The Labute approximate surface area is 200 Å².